The highest BCUT2D eigenvalue weighted by atomic mass is 35.5. The topological polar surface area (TPSA) is 100 Å². The first-order valence-electron chi connectivity index (χ1n) is 10.3. The highest BCUT2D eigenvalue weighted by molar-refractivity contribution is 6.33. The molecule has 0 saturated heterocycles. The molecule has 166 valence electrons. The number of nitrogens with zero attached hydrogens (tertiary/aromatic N) is 6. The maximum Gasteiger partial charge on any atom is 0.227 e. The van der Waals surface area contributed by atoms with E-state index in [1.807, 2.05) is 76.2 Å². The lowest BCUT2D eigenvalue weighted by atomic mass is 10.3. The van der Waals surface area contributed by atoms with Crippen LogP contribution in [0.3, 0.4) is 0 Å². The standard InChI is InChI=1S/C24H23ClN8/c1-14-11-15(2)27-23(26-14)30-18-5-7-19(8-6-18)32-33-20-9-10-22(21(25)13-20)31-24-28-16(3)12-17(4)29-24/h5-13H,1-4H3,(H,26,27,30)(H,28,29,31). The van der Waals surface area contributed by atoms with E-state index in [4.69, 9.17) is 11.6 Å². The van der Waals surface area contributed by atoms with Crippen LogP contribution in [-0.4, -0.2) is 19.9 Å². The van der Waals surface area contributed by atoms with Gasteiger partial charge in [0.2, 0.25) is 11.9 Å². The predicted molar refractivity (Wildman–Crippen MR) is 132 cm³/mol. The van der Waals surface area contributed by atoms with Crippen molar-refractivity contribution >= 4 is 46.2 Å². The van der Waals surface area contributed by atoms with Crippen molar-refractivity contribution in [3.05, 3.63) is 82.4 Å². The second-order valence-corrected chi connectivity index (χ2v) is 8.02. The van der Waals surface area contributed by atoms with Crippen molar-refractivity contribution in [1.29, 1.82) is 0 Å². The lowest BCUT2D eigenvalue weighted by molar-refractivity contribution is 1.06. The third-order valence-electron chi connectivity index (χ3n) is 4.57. The highest BCUT2D eigenvalue weighted by Crippen LogP contribution is 2.30. The van der Waals surface area contributed by atoms with Crippen LogP contribution >= 0.6 is 11.6 Å². The van der Waals surface area contributed by atoms with Crippen molar-refractivity contribution in [3.8, 4) is 0 Å². The smallest absolute Gasteiger partial charge is 0.227 e. The zero-order valence-corrected chi connectivity index (χ0v) is 19.5. The molecule has 33 heavy (non-hydrogen) atoms. The van der Waals surface area contributed by atoms with Crippen LogP contribution in [-0.2, 0) is 0 Å². The predicted octanol–water partition coefficient (Wildman–Crippen LogP) is 7.06. The summed E-state index contributed by atoms with van der Waals surface area (Å²) in [5, 5.41) is 15.4. The van der Waals surface area contributed by atoms with Gasteiger partial charge in [0.15, 0.2) is 0 Å². The van der Waals surface area contributed by atoms with Crippen LogP contribution in [0.15, 0.2) is 64.8 Å². The molecule has 9 heteroatoms. The van der Waals surface area contributed by atoms with Gasteiger partial charge in [0, 0.05) is 28.5 Å². The van der Waals surface area contributed by atoms with Gasteiger partial charge in [-0.2, -0.15) is 10.2 Å². The van der Waals surface area contributed by atoms with Gasteiger partial charge >= 0.3 is 0 Å². The van der Waals surface area contributed by atoms with E-state index in [2.05, 4.69) is 40.8 Å². The molecule has 0 unspecified atom stereocenters. The van der Waals surface area contributed by atoms with Crippen molar-refractivity contribution in [2.75, 3.05) is 10.6 Å². The van der Waals surface area contributed by atoms with Gasteiger partial charge in [-0.05, 0) is 82.3 Å². The third kappa shape index (κ3) is 6.08. The average molecular weight is 459 g/mol. The van der Waals surface area contributed by atoms with Crippen LogP contribution in [0.2, 0.25) is 5.02 Å². The molecular formula is C24H23ClN8. The Hall–Kier alpha value is -3.91. The second-order valence-electron chi connectivity index (χ2n) is 7.61. The summed E-state index contributed by atoms with van der Waals surface area (Å²) in [5.74, 6) is 1.07. The molecule has 0 spiro atoms. The lowest BCUT2D eigenvalue weighted by Crippen LogP contribution is -2.00. The van der Waals surface area contributed by atoms with E-state index in [0.29, 0.717) is 34.0 Å². The van der Waals surface area contributed by atoms with Gasteiger partial charge in [0.25, 0.3) is 0 Å². The van der Waals surface area contributed by atoms with E-state index in [1.54, 1.807) is 6.07 Å². The minimum absolute atomic E-state index is 0.502. The van der Waals surface area contributed by atoms with Crippen molar-refractivity contribution < 1.29 is 0 Å². The number of anilines is 4. The Kier molecular flexibility index (Phi) is 6.55. The van der Waals surface area contributed by atoms with E-state index < -0.39 is 0 Å². The number of nitrogens with one attached hydrogen (secondary N) is 2. The molecule has 2 aromatic carbocycles. The van der Waals surface area contributed by atoms with Crippen molar-refractivity contribution in [2.45, 2.75) is 27.7 Å². The first-order valence-corrected chi connectivity index (χ1v) is 10.7. The molecule has 0 aliphatic heterocycles. The number of rotatable bonds is 6. The molecule has 0 saturated carbocycles. The van der Waals surface area contributed by atoms with Crippen LogP contribution in [0.25, 0.3) is 0 Å². The Morgan fingerprint density at radius 1 is 0.606 bits per heavy atom. The zero-order valence-electron chi connectivity index (χ0n) is 18.8. The van der Waals surface area contributed by atoms with E-state index in [1.165, 1.54) is 0 Å². The molecule has 2 aromatic heterocycles. The minimum atomic E-state index is 0.502. The fourth-order valence-electron chi connectivity index (χ4n) is 3.21. The summed E-state index contributed by atoms with van der Waals surface area (Å²) < 4.78 is 0. The van der Waals surface area contributed by atoms with Gasteiger partial charge in [-0.15, -0.1) is 0 Å². The van der Waals surface area contributed by atoms with Gasteiger partial charge in [0.05, 0.1) is 22.1 Å². The van der Waals surface area contributed by atoms with Crippen molar-refractivity contribution in [1.82, 2.24) is 19.9 Å². The molecule has 2 heterocycles. The summed E-state index contributed by atoms with van der Waals surface area (Å²) in [6, 6.07) is 16.8. The van der Waals surface area contributed by atoms with E-state index in [9.17, 15) is 0 Å². The first kappa shape index (κ1) is 22.3. The maximum atomic E-state index is 6.42. The molecule has 0 atom stereocenters. The van der Waals surface area contributed by atoms with Gasteiger partial charge in [0.1, 0.15) is 0 Å². The molecular weight excluding hydrogens is 436 g/mol. The highest BCUT2D eigenvalue weighted by Gasteiger charge is 2.06. The summed E-state index contributed by atoms with van der Waals surface area (Å²) in [7, 11) is 0. The van der Waals surface area contributed by atoms with Crippen LogP contribution < -0.4 is 10.6 Å². The van der Waals surface area contributed by atoms with E-state index >= 15 is 0 Å². The maximum absolute atomic E-state index is 6.42. The lowest BCUT2D eigenvalue weighted by Gasteiger charge is -2.08. The summed E-state index contributed by atoms with van der Waals surface area (Å²) in [4.78, 5) is 17.5. The number of azo groups is 1. The van der Waals surface area contributed by atoms with Crippen LogP contribution in [0.1, 0.15) is 22.8 Å². The first-order chi connectivity index (χ1) is 15.8. The molecule has 2 N–H and O–H groups in total. The molecule has 0 amide bonds. The average Bonchev–Trinajstić information content (AvgIpc) is 2.73. The number of hydrogen-bond acceptors (Lipinski definition) is 8. The van der Waals surface area contributed by atoms with Crippen molar-refractivity contribution in [2.24, 2.45) is 10.2 Å². The Bertz CT molecular complexity index is 1280. The normalized spacial score (nSPS) is 11.1. The Balaban J connectivity index is 1.42. The third-order valence-corrected chi connectivity index (χ3v) is 4.88. The Morgan fingerprint density at radius 2 is 1.09 bits per heavy atom. The Labute approximate surface area is 197 Å². The summed E-state index contributed by atoms with van der Waals surface area (Å²) in [6.07, 6.45) is 0. The monoisotopic (exact) mass is 458 g/mol. The molecule has 0 fully saturated rings. The molecule has 8 nitrogen and oxygen atoms in total. The largest absolute Gasteiger partial charge is 0.324 e. The fraction of sp³-hybridized carbons (Fsp3) is 0.167. The van der Waals surface area contributed by atoms with E-state index in [-0.39, 0.29) is 0 Å². The second kappa shape index (κ2) is 9.70. The molecule has 0 aliphatic carbocycles. The number of benzene rings is 2. The Morgan fingerprint density at radius 3 is 1.64 bits per heavy atom. The van der Waals surface area contributed by atoms with Crippen LogP contribution in [0, 0.1) is 27.7 Å². The van der Waals surface area contributed by atoms with Crippen LogP contribution in [0.4, 0.5) is 34.6 Å². The van der Waals surface area contributed by atoms with E-state index in [0.717, 1.165) is 28.5 Å². The molecule has 0 radical (unpaired) electrons. The summed E-state index contributed by atoms with van der Waals surface area (Å²) >= 11 is 6.42. The number of hydrogen-bond donors (Lipinski definition) is 2. The van der Waals surface area contributed by atoms with Gasteiger partial charge in [-0.25, -0.2) is 19.9 Å². The van der Waals surface area contributed by atoms with Gasteiger partial charge < -0.3 is 10.6 Å². The van der Waals surface area contributed by atoms with Gasteiger partial charge in [-0.1, -0.05) is 11.6 Å². The molecule has 0 aliphatic rings. The number of halogens is 1. The minimum Gasteiger partial charge on any atom is -0.324 e. The zero-order chi connectivity index (χ0) is 23.4. The SMILES string of the molecule is Cc1cc(C)nc(Nc2ccc(N=Nc3ccc(Nc4nc(C)cc(C)n4)c(Cl)c3)cc2)n1. The summed E-state index contributed by atoms with van der Waals surface area (Å²) in [5.41, 5.74) is 6.51. The van der Waals surface area contributed by atoms with Crippen LogP contribution in [0.5, 0.6) is 0 Å². The number of aryl methyl sites for hydroxylation is 4. The fourth-order valence-corrected chi connectivity index (χ4v) is 3.43. The molecule has 4 aromatic rings. The summed E-state index contributed by atoms with van der Waals surface area (Å²) in [6.45, 7) is 7.72. The van der Waals surface area contributed by atoms with Gasteiger partial charge in [-0.3, -0.25) is 0 Å². The molecule has 4 rings (SSSR count). The number of aromatic nitrogens is 4. The van der Waals surface area contributed by atoms with Crippen molar-refractivity contribution in [3.63, 3.8) is 0 Å². The quantitative estimate of drug-likeness (QED) is 0.300. The molecule has 0 bridgehead atoms.